The third kappa shape index (κ3) is 2.02. The Balaban J connectivity index is 1.63. The normalized spacial score (nSPS) is 22.9. The van der Waals surface area contributed by atoms with Gasteiger partial charge in [0, 0.05) is 17.9 Å². The van der Waals surface area contributed by atoms with E-state index in [1.807, 2.05) is 16.7 Å². The molecule has 21 heavy (non-hydrogen) atoms. The van der Waals surface area contributed by atoms with Crippen molar-refractivity contribution >= 4 is 5.78 Å². The Hall–Kier alpha value is -2.23. The van der Waals surface area contributed by atoms with Gasteiger partial charge in [-0.2, -0.15) is 0 Å². The number of carbonyl (C=O) groups is 1. The quantitative estimate of drug-likeness (QED) is 0.811. The number of hydrogen-bond donors (Lipinski definition) is 0. The van der Waals surface area contributed by atoms with Gasteiger partial charge in [0.2, 0.25) is 0 Å². The summed E-state index contributed by atoms with van der Waals surface area (Å²) in [6.07, 6.45) is 9.50. The molecular weight excluding hydrogens is 262 g/mol. The molecule has 4 nitrogen and oxygen atoms in total. The molecule has 2 atom stereocenters. The zero-order valence-corrected chi connectivity index (χ0v) is 11.8. The predicted molar refractivity (Wildman–Crippen MR) is 79.7 cm³/mol. The smallest absolute Gasteiger partial charge is 0.164 e. The zero-order chi connectivity index (χ0) is 14.2. The van der Waals surface area contributed by atoms with E-state index in [0.717, 1.165) is 30.7 Å². The minimum absolute atomic E-state index is 0.0598. The number of allylic oxidation sites excluding steroid dienone is 2. The topological polar surface area (TPSA) is 47.8 Å². The number of nitrogens with zero attached hydrogens (tertiary/aromatic N) is 3. The minimum atomic E-state index is 0.0598. The number of aromatic nitrogens is 3. The molecule has 0 N–H and O–H groups in total. The highest BCUT2D eigenvalue weighted by Gasteiger charge is 2.32. The lowest BCUT2D eigenvalue weighted by molar-refractivity contribution is -0.123. The molecule has 2 unspecified atom stereocenters. The molecule has 0 saturated heterocycles. The van der Waals surface area contributed by atoms with Crippen LogP contribution < -0.4 is 0 Å². The number of hydrogen-bond acceptors (Lipinski definition) is 3. The van der Waals surface area contributed by atoms with E-state index >= 15 is 0 Å². The van der Waals surface area contributed by atoms with Crippen molar-refractivity contribution in [3.63, 3.8) is 0 Å². The zero-order valence-electron chi connectivity index (χ0n) is 11.8. The molecule has 4 rings (SSSR count). The fourth-order valence-corrected chi connectivity index (χ4v) is 3.46. The van der Waals surface area contributed by atoms with Crippen LogP contribution in [0.15, 0.2) is 42.7 Å². The molecule has 1 aliphatic heterocycles. The molecule has 4 heteroatoms. The highest BCUT2D eigenvalue weighted by atomic mass is 16.1. The van der Waals surface area contributed by atoms with Gasteiger partial charge in [-0.05, 0) is 24.8 Å². The Morgan fingerprint density at radius 2 is 2.19 bits per heavy atom. The van der Waals surface area contributed by atoms with E-state index in [9.17, 15) is 4.79 Å². The number of benzene rings is 1. The molecule has 1 aliphatic carbocycles. The van der Waals surface area contributed by atoms with Crippen molar-refractivity contribution < 1.29 is 4.79 Å². The summed E-state index contributed by atoms with van der Waals surface area (Å²) in [5.41, 5.74) is 2.30. The predicted octanol–water partition coefficient (Wildman–Crippen LogP) is 3.16. The summed E-state index contributed by atoms with van der Waals surface area (Å²) in [6.45, 7) is 0. The maximum atomic E-state index is 12.6. The Morgan fingerprint density at radius 3 is 3.05 bits per heavy atom. The van der Waals surface area contributed by atoms with Crippen LogP contribution in [-0.2, 0) is 4.79 Å². The average Bonchev–Trinajstić information content (AvgIpc) is 3.11. The number of rotatable bonds is 3. The lowest BCUT2D eigenvalue weighted by atomic mass is 9.86. The largest absolute Gasteiger partial charge is 0.305 e. The van der Waals surface area contributed by atoms with Gasteiger partial charge in [-0.15, -0.1) is 10.2 Å². The molecule has 0 bridgehead atoms. The van der Waals surface area contributed by atoms with Crippen LogP contribution in [0.1, 0.15) is 37.3 Å². The van der Waals surface area contributed by atoms with Gasteiger partial charge in [-0.25, -0.2) is 0 Å². The van der Waals surface area contributed by atoms with E-state index in [2.05, 4.69) is 34.5 Å². The summed E-state index contributed by atoms with van der Waals surface area (Å²) in [5.74, 6) is 1.43. The Morgan fingerprint density at radius 1 is 1.29 bits per heavy atom. The van der Waals surface area contributed by atoms with E-state index in [0.29, 0.717) is 12.2 Å². The molecule has 0 amide bonds. The summed E-state index contributed by atoms with van der Waals surface area (Å²) in [6, 6.07) is 8.25. The van der Waals surface area contributed by atoms with Gasteiger partial charge in [-0.3, -0.25) is 4.79 Å². The molecule has 2 aliphatic rings. The Kier molecular flexibility index (Phi) is 2.95. The first kappa shape index (κ1) is 12.5. The van der Waals surface area contributed by atoms with E-state index in [1.54, 1.807) is 6.33 Å². The first-order chi connectivity index (χ1) is 10.3. The second kappa shape index (κ2) is 4.95. The van der Waals surface area contributed by atoms with Crippen LogP contribution in [0.2, 0.25) is 0 Å². The summed E-state index contributed by atoms with van der Waals surface area (Å²) < 4.78 is 2.04. The SMILES string of the molecule is O=C(CC1c2ccccc2-c2nncn21)C1CC=CCC1. The van der Waals surface area contributed by atoms with E-state index in [-0.39, 0.29) is 12.0 Å². The third-order valence-corrected chi connectivity index (χ3v) is 4.59. The first-order valence-corrected chi connectivity index (χ1v) is 7.51. The molecule has 0 fully saturated rings. The molecule has 106 valence electrons. The van der Waals surface area contributed by atoms with Gasteiger partial charge in [0.1, 0.15) is 12.1 Å². The average molecular weight is 279 g/mol. The summed E-state index contributed by atoms with van der Waals surface area (Å²) in [4.78, 5) is 12.6. The number of fused-ring (bicyclic) bond motifs is 3. The Bertz CT molecular complexity index is 716. The number of ketones is 1. The van der Waals surface area contributed by atoms with Gasteiger partial charge >= 0.3 is 0 Å². The van der Waals surface area contributed by atoms with Gasteiger partial charge in [0.15, 0.2) is 5.82 Å². The summed E-state index contributed by atoms with van der Waals surface area (Å²) in [5, 5.41) is 8.20. The third-order valence-electron chi connectivity index (χ3n) is 4.59. The maximum Gasteiger partial charge on any atom is 0.164 e. The van der Waals surface area contributed by atoms with Crippen molar-refractivity contribution in [3.8, 4) is 11.4 Å². The van der Waals surface area contributed by atoms with Crippen LogP contribution in [0, 0.1) is 5.92 Å². The summed E-state index contributed by atoms with van der Waals surface area (Å²) in [7, 11) is 0. The highest BCUT2D eigenvalue weighted by molar-refractivity contribution is 5.83. The van der Waals surface area contributed by atoms with Crippen LogP contribution in [0.3, 0.4) is 0 Å². The van der Waals surface area contributed by atoms with Crippen LogP contribution in [-0.4, -0.2) is 20.5 Å². The minimum Gasteiger partial charge on any atom is -0.305 e. The number of carbonyl (C=O) groups excluding carboxylic acids is 1. The van der Waals surface area contributed by atoms with Crippen molar-refractivity contribution in [2.75, 3.05) is 0 Å². The van der Waals surface area contributed by atoms with Gasteiger partial charge < -0.3 is 4.57 Å². The molecule has 2 aromatic rings. The number of Topliss-reactive ketones (excluding diaryl/α,β-unsaturated/α-hetero) is 1. The lowest BCUT2D eigenvalue weighted by Crippen LogP contribution is -2.20. The van der Waals surface area contributed by atoms with Crippen molar-refractivity contribution in [2.45, 2.75) is 31.7 Å². The monoisotopic (exact) mass is 279 g/mol. The van der Waals surface area contributed by atoms with Gasteiger partial charge in [0.25, 0.3) is 0 Å². The fraction of sp³-hybridized carbons (Fsp3) is 0.353. The Labute approximate surface area is 123 Å². The van der Waals surface area contributed by atoms with Crippen LogP contribution in [0.4, 0.5) is 0 Å². The highest BCUT2D eigenvalue weighted by Crippen LogP contribution is 2.40. The summed E-state index contributed by atoms with van der Waals surface area (Å²) >= 11 is 0. The molecule has 0 spiro atoms. The van der Waals surface area contributed by atoms with E-state index in [1.165, 1.54) is 5.56 Å². The van der Waals surface area contributed by atoms with E-state index < -0.39 is 0 Å². The maximum absolute atomic E-state index is 12.6. The fourth-order valence-electron chi connectivity index (χ4n) is 3.46. The van der Waals surface area contributed by atoms with Crippen molar-refractivity contribution in [1.29, 1.82) is 0 Å². The van der Waals surface area contributed by atoms with Crippen molar-refractivity contribution in [1.82, 2.24) is 14.8 Å². The van der Waals surface area contributed by atoms with Crippen molar-refractivity contribution in [3.05, 3.63) is 48.3 Å². The molecular formula is C17H17N3O. The van der Waals surface area contributed by atoms with Crippen LogP contribution in [0.5, 0.6) is 0 Å². The van der Waals surface area contributed by atoms with E-state index in [4.69, 9.17) is 0 Å². The van der Waals surface area contributed by atoms with Crippen LogP contribution >= 0.6 is 0 Å². The van der Waals surface area contributed by atoms with Gasteiger partial charge in [0.05, 0.1) is 6.04 Å². The molecule has 1 aromatic carbocycles. The first-order valence-electron chi connectivity index (χ1n) is 7.51. The van der Waals surface area contributed by atoms with Gasteiger partial charge in [-0.1, -0.05) is 36.4 Å². The van der Waals surface area contributed by atoms with Crippen LogP contribution in [0.25, 0.3) is 11.4 Å². The lowest BCUT2D eigenvalue weighted by Gasteiger charge is -2.20. The molecule has 0 radical (unpaired) electrons. The van der Waals surface area contributed by atoms with Crippen molar-refractivity contribution in [2.24, 2.45) is 5.92 Å². The second-order valence-electron chi connectivity index (χ2n) is 5.82. The standard InChI is InChI=1S/C17H17N3O/c21-16(12-6-2-1-3-7-12)10-15-13-8-4-5-9-14(13)17-19-18-11-20(15)17/h1-2,4-5,8-9,11-12,15H,3,6-7,10H2. The molecule has 1 aromatic heterocycles. The second-order valence-corrected chi connectivity index (χ2v) is 5.82. The molecule has 2 heterocycles. The molecule has 0 saturated carbocycles.